The highest BCUT2D eigenvalue weighted by molar-refractivity contribution is 7.99. The Balaban J connectivity index is 4.34. The highest BCUT2D eigenvalue weighted by Crippen LogP contribution is 2.55. The van der Waals surface area contributed by atoms with Crippen LogP contribution in [0, 0.1) is 0 Å². The number of hydrogen-bond acceptors (Lipinski definition) is 2. The van der Waals surface area contributed by atoms with Gasteiger partial charge in [0.25, 0.3) is 0 Å². The quantitative estimate of drug-likeness (QED) is 0.413. The zero-order valence-corrected chi connectivity index (χ0v) is 14.3. The first kappa shape index (κ1) is 17.2. The summed E-state index contributed by atoms with van der Waals surface area (Å²) in [6, 6.07) is 0. The van der Waals surface area contributed by atoms with Crippen molar-refractivity contribution in [2.24, 2.45) is 0 Å². The molecule has 0 bridgehead atoms. The summed E-state index contributed by atoms with van der Waals surface area (Å²) in [5.74, 6) is 2.59. The predicted octanol–water partition coefficient (Wildman–Crippen LogP) is 4.91. The number of hydrogen-bond donors (Lipinski definition) is 0. The van der Waals surface area contributed by atoms with E-state index in [4.69, 9.17) is 0 Å². The molecule has 0 heterocycles. The SMILES string of the molecule is CCSCCN(P(CC)CC)P(CC)CC. The highest BCUT2D eigenvalue weighted by Gasteiger charge is 2.20. The van der Waals surface area contributed by atoms with Gasteiger partial charge in [-0.25, -0.2) is 0 Å². The van der Waals surface area contributed by atoms with E-state index in [1.807, 2.05) is 0 Å². The van der Waals surface area contributed by atoms with Gasteiger partial charge in [-0.2, -0.15) is 11.8 Å². The molecule has 0 rings (SSSR count). The van der Waals surface area contributed by atoms with Gasteiger partial charge in [0, 0.05) is 12.3 Å². The van der Waals surface area contributed by atoms with Crippen LogP contribution in [0.3, 0.4) is 0 Å². The monoisotopic (exact) mass is 281 g/mol. The lowest BCUT2D eigenvalue weighted by atomic mass is 10.8. The Morgan fingerprint density at radius 3 is 1.56 bits per heavy atom. The average molecular weight is 281 g/mol. The molecule has 0 aliphatic rings. The van der Waals surface area contributed by atoms with Crippen LogP contribution in [-0.2, 0) is 0 Å². The Morgan fingerprint density at radius 2 is 1.25 bits per heavy atom. The van der Waals surface area contributed by atoms with Crippen LogP contribution < -0.4 is 0 Å². The van der Waals surface area contributed by atoms with E-state index in [1.54, 1.807) is 0 Å². The number of thioether (sulfide) groups is 1. The lowest BCUT2D eigenvalue weighted by molar-refractivity contribution is 0.743. The van der Waals surface area contributed by atoms with Crippen LogP contribution in [0.2, 0.25) is 0 Å². The summed E-state index contributed by atoms with van der Waals surface area (Å²) in [5, 5.41) is 0. The standard InChI is InChI=1S/C12H29NP2S/c1-6-14(7-2)13(11-12-16-10-5)15(8-3)9-4/h6-12H2,1-5H3. The third-order valence-corrected chi connectivity index (χ3v) is 9.78. The van der Waals surface area contributed by atoms with Gasteiger partial charge in [0.2, 0.25) is 0 Å². The molecular formula is C12H29NP2S. The van der Waals surface area contributed by atoms with E-state index < -0.39 is 0 Å². The Bertz CT molecular complexity index is 138. The maximum Gasteiger partial charge on any atom is 0.0153 e. The van der Waals surface area contributed by atoms with Crippen molar-refractivity contribution >= 4 is 27.9 Å². The first-order chi connectivity index (χ1) is 7.74. The topological polar surface area (TPSA) is 3.24 Å². The van der Waals surface area contributed by atoms with Crippen molar-refractivity contribution < 1.29 is 0 Å². The molecule has 0 unspecified atom stereocenters. The largest absolute Gasteiger partial charge is 0.259 e. The fraction of sp³-hybridized carbons (Fsp3) is 1.00. The molecule has 1 nitrogen and oxygen atoms in total. The van der Waals surface area contributed by atoms with Crippen molar-refractivity contribution in [3.63, 3.8) is 0 Å². The molecule has 0 spiro atoms. The first-order valence-corrected chi connectivity index (χ1v) is 11.1. The van der Waals surface area contributed by atoms with E-state index >= 15 is 0 Å². The molecule has 4 heteroatoms. The average Bonchev–Trinajstić information content (AvgIpc) is 2.31. The molecule has 0 aromatic carbocycles. The number of nitrogens with zero attached hydrogens (tertiary/aromatic N) is 1. The van der Waals surface area contributed by atoms with E-state index in [0.717, 1.165) is 0 Å². The van der Waals surface area contributed by atoms with Crippen LogP contribution in [0.1, 0.15) is 34.6 Å². The van der Waals surface area contributed by atoms with Crippen LogP contribution >= 0.6 is 27.9 Å². The van der Waals surface area contributed by atoms with Gasteiger partial charge in [-0.05, 0) is 46.5 Å². The van der Waals surface area contributed by atoms with Crippen molar-refractivity contribution in [2.45, 2.75) is 34.6 Å². The summed E-state index contributed by atoms with van der Waals surface area (Å²) >= 11 is 2.09. The third kappa shape index (κ3) is 6.20. The smallest absolute Gasteiger partial charge is 0.0153 e. The first-order valence-electron chi connectivity index (χ1n) is 6.59. The molecule has 0 aromatic rings. The van der Waals surface area contributed by atoms with Gasteiger partial charge >= 0.3 is 0 Å². The summed E-state index contributed by atoms with van der Waals surface area (Å²) in [5.41, 5.74) is 0. The molecule has 0 N–H and O–H groups in total. The van der Waals surface area contributed by atoms with E-state index in [2.05, 4.69) is 50.8 Å². The van der Waals surface area contributed by atoms with Crippen molar-refractivity contribution in [3.8, 4) is 0 Å². The summed E-state index contributed by atoms with van der Waals surface area (Å²) < 4.78 is 2.90. The molecule has 0 radical (unpaired) electrons. The fourth-order valence-corrected chi connectivity index (χ4v) is 8.64. The maximum atomic E-state index is 2.90. The van der Waals surface area contributed by atoms with Crippen molar-refractivity contribution in [1.29, 1.82) is 0 Å². The summed E-state index contributed by atoms with van der Waals surface area (Å²) in [6.07, 6.45) is 5.51. The molecule has 0 aromatic heterocycles. The second-order valence-corrected chi connectivity index (χ2v) is 10.8. The second-order valence-electron chi connectivity index (χ2n) is 3.57. The van der Waals surface area contributed by atoms with Gasteiger partial charge in [-0.1, -0.05) is 34.6 Å². The summed E-state index contributed by atoms with van der Waals surface area (Å²) in [4.78, 5) is 0. The Labute approximate surface area is 110 Å². The van der Waals surface area contributed by atoms with Crippen molar-refractivity contribution in [3.05, 3.63) is 0 Å². The lowest BCUT2D eigenvalue weighted by Gasteiger charge is -2.36. The molecule has 0 atom stereocenters. The highest BCUT2D eigenvalue weighted by atomic mass is 32.2. The molecule has 0 saturated heterocycles. The van der Waals surface area contributed by atoms with Crippen LogP contribution in [0.25, 0.3) is 0 Å². The Kier molecular flexibility index (Phi) is 12.1. The molecule has 0 saturated carbocycles. The predicted molar refractivity (Wildman–Crippen MR) is 85.7 cm³/mol. The van der Waals surface area contributed by atoms with E-state index in [0.29, 0.717) is 0 Å². The van der Waals surface area contributed by atoms with E-state index in [9.17, 15) is 0 Å². The van der Waals surface area contributed by atoms with Gasteiger partial charge in [-0.3, -0.25) is 4.44 Å². The summed E-state index contributed by atoms with van der Waals surface area (Å²) in [7, 11) is 0.323. The Morgan fingerprint density at radius 1 is 0.812 bits per heavy atom. The van der Waals surface area contributed by atoms with Crippen molar-refractivity contribution in [2.75, 3.05) is 42.7 Å². The van der Waals surface area contributed by atoms with E-state index in [-0.39, 0.29) is 16.1 Å². The van der Waals surface area contributed by atoms with Gasteiger partial charge in [0.1, 0.15) is 0 Å². The van der Waals surface area contributed by atoms with Gasteiger partial charge < -0.3 is 0 Å². The minimum Gasteiger partial charge on any atom is -0.259 e. The molecule has 0 amide bonds. The van der Waals surface area contributed by atoms with Crippen molar-refractivity contribution in [1.82, 2.24) is 4.44 Å². The van der Waals surface area contributed by atoms with Gasteiger partial charge in [0.15, 0.2) is 0 Å². The minimum absolute atomic E-state index is 0.162. The molecule has 0 fully saturated rings. The molecule has 16 heavy (non-hydrogen) atoms. The van der Waals surface area contributed by atoms with Gasteiger partial charge in [-0.15, -0.1) is 0 Å². The molecule has 0 aliphatic carbocycles. The minimum atomic E-state index is 0.162. The molecule has 98 valence electrons. The zero-order chi connectivity index (χ0) is 12.4. The second kappa shape index (κ2) is 11.3. The van der Waals surface area contributed by atoms with E-state index in [1.165, 1.54) is 42.7 Å². The fourth-order valence-electron chi connectivity index (χ4n) is 1.85. The summed E-state index contributed by atoms with van der Waals surface area (Å²) in [6.45, 7) is 13.1. The third-order valence-electron chi connectivity index (χ3n) is 2.75. The van der Waals surface area contributed by atoms with Gasteiger partial charge in [0.05, 0.1) is 0 Å². The maximum absolute atomic E-state index is 2.90. The normalized spacial score (nSPS) is 12.0. The van der Waals surface area contributed by atoms with Crippen LogP contribution in [0.5, 0.6) is 0 Å². The number of rotatable bonds is 10. The zero-order valence-electron chi connectivity index (χ0n) is 11.7. The Hall–Kier alpha value is 1.17. The molecular weight excluding hydrogens is 252 g/mol. The van der Waals surface area contributed by atoms with Crippen LogP contribution in [0.4, 0.5) is 0 Å². The molecule has 0 aliphatic heterocycles. The lowest BCUT2D eigenvalue weighted by Crippen LogP contribution is -2.19. The van der Waals surface area contributed by atoms with Crippen LogP contribution in [-0.4, -0.2) is 47.1 Å². The van der Waals surface area contributed by atoms with Crippen LogP contribution in [0.15, 0.2) is 0 Å².